The molecule has 0 aliphatic heterocycles. The highest BCUT2D eigenvalue weighted by atomic mass is 35.5. The summed E-state index contributed by atoms with van der Waals surface area (Å²) in [5.74, 6) is 0.0639. The Morgan fingerprint density at radius 1 is 0.889 bits per heavy atom. The molecule has 0 unspecified atom stereocenters. The first-order valence-corrected chi connectivity index (χ1v) is 9.93. The molecule has 0 radical (unpaired) electrons. The highest BCUT2D eigenvalue weighted by molar-refractivity contribution is 6.30. The molecule has 2 N–H and O–H groups in total. The highest BCUT2D eigenvalue weighted by Crippen LogP contribution is 2.18. The Morgan fingerprint density at radius 2 is 1.52 bits per heavy atom. The monoisotopic (exact) mass is 384 g/mol. The summed E-state index contributed by atoms with van der Waals surface area (Å²) < 4.78 is 0. The Hall–Kier alpha value is -2.33. The molecule has 0 spiro atoms. The maximum atomic E-state index is 12.3. The highest BCUT2D eigenvalue weighted by Gasteiger charge is 2.16. The van der Waals surface area contributed by atoms with Gasteiger partial charge < -0.3 is 10.6 Å². The Morgan fingerprint density at radius 3 is 2.19 bits per heavy atom. The standard InChI is InChI=1S/C22H25ClN2O2/c23-18-10-6-16(7-11-18)21(26)14-15-24-19-12-8-17(9-13-19)22(27)25-20-4-2-1-3-5-20/h6-13,20,24H,1-5,14-15H2,(H,25,27). The molecule has 4 nitrogen and oxygen atoms in total. The number of anilines is 1. The molecule has 0 bridgehead atoms. The minimum Gasteiger partial charge on any atom is -0.385 e. The van der Waals surface area contributed by atoms with Gasteiger partial charge in [0.15, 0.2) is 5.78 Å². The van der Waals surface area contributed by atoms with Gasteiger partial charge in [-0.05, 0) is 61.4 Å². The van der Waals surface area contributed by atoms with Crippen molar-refractivity contribution in [1.82, 2.24) is 5.32 Å². The molecular weight excluding hydrogens is 360 g/mol. The second-order valence-electron chi connectivity index (χ2n) is 6.99. The normalized spacial score (nSPS) is 14.6. The van der Waals surface area contributed by atoms with Crippen LogP contribution in [0.2, 0.25) is 5.02 Å². The van der Waals surface area contributed by atoms with Crippen molar-refractivity contribution >= 4 is 29.0 Å². The summed E-state index contributed by atoms with van der Waals surface area (Å²) in [5.41, 5.74) is 2.23. The summed E-state index contributed by atoms with van der Waals surface area (Å²) in [6.07, 6.45) is 6.21. The maximum Gasteiger partial charge on any atom is 0.251 e. The van der Waals surface area contributed by atoms with Gasteiger partial charge in [-0.1, -0.05) is 30.9 Å². The lowest BCUT2D eigenvalue weighted by Gasteiger charge is -2.22. The average Bonchev–Trinajstić information content (AvgIpc) is 2.69. The minimum absolute atomic E-state index is 0.00799. The molecule has 0 atom stereocenters. The Labute approximate surface area is 165 Å². The summed E-state index contributed by atoms with van der Waals surface area (Å²) in [4.78, 5) is 24.5. The Kier molecular flexibility index (Phi) is 6.88. The van der Waals surface area contributed by atoms with E-state index in [0.717, 1.165) is 18.5 Å². The number of carbonyl (C=O) groups excluding carboxylic acids is 2. The third-order valence-electron chi connectivity index (χ3n) is 4.93. The van der Waals surface area contributed by atoms with E-state index in [2.05, 4.69) is 10.6 Å². The van der Waals surface area contributed by atoms with Crippen molar-refractivity contribution < 1.29 is 9.59 Å². The van der Waals surface area contributed by atoms with Crippen LogP contribution < -0.4 is 10.6 Å². The van der Waals surface area contributed by atoms with Gasteiger partial charge in [0.2, 0.25) is 0 Å². The summed E-state index contributed by atoms with van der Waals surface area (Å²) >= 11 is 5.84. The van der Waals surface area contributed by atoms with Crippen LogP contribution >= 0.6 is 11.6 Å². The van der Waals surface area contributed by atoms with E-state index in [9.17, 15) is 9.59 Å². The van der Waals surface area contributed by atoms with Gasteiger partial charge in [0.05, 0.1) is 0 Å². The number of halogens is 1. The fourth-order valence-electron chi connectivity index (χ4n) is 3.36. The lowest BCUT2D eigenvalue weighted by Crippen LogP contribution is -2.36. The predicted molar refractivity (Wildman–Crippen MR) is 110 cm³/mol. The molecule has 27 heavy (non-hydrogen) atoms. The number of rotatable bonds is 7. The zero-order valence-electron chi connectivity index (χ0n) is 15.3. The van der Waals surface area contributed by atoms with Crippen molar-refractivity contribution in [2.75, 3.05) is 11.9 Å². The van der Waals surface area contributed by atoms with Crippen LogP contribution in [-0.4, -0.2) is 24.3 Å². The number of hydrogen-bond acceptors (Lipinski definition) is 3. The SMILES string of the molecule is O=C(CCNc1ccc(C(=O)NC2CCCCC2)cc1)c1ccc(Cl)cc1. The molecule has 2 aromatic carbocycles. The van der Waals surface area contributed by atoms with E-state index in [1.54, 1.807) is 24.3 Å². The van der Waals surface area contributed by atoms with Gasteiger partial charge in [-0.15, -0.1) is 0 Å². The van der Waals surface area contributed by atoms with Gasteiger partial charge in [0.1, 0.15) is 0 Å². The maximum absolute atomic E-state index is 12.3. The van der Waals surface area contributed by atoms with E-state index in [-0.39, 0.29) is 11.7 Å². The Balaban J connectivity index is 1.45. The number of benzene rings is 2. The minimum atomic E-state index is -0.00799. The first-order valence-electron chi connectivity index (χ1n) is 9.55. The number of hydrogen-bond donors (Lipinski definition) is 2. The first-order chi connectivity index (χ1) is 13.1. The predicted octanol–water partition coefficient (Wildman–Crippen LogP) is 5.09. The summed E-state index contributed by atoms with van der Waals surface area (Å²) in [6, 6.07) is 14.6. The first kappa shape index (κ1) is 19.4. The van der Waals surface area contributed by atoms with E-state index < -0.39 is 0 Å². The van der Waals surface area contributed by atoms with E-state index in [1.807, 2.05) is 24.3 Å². The fourth-order valence-corrected chi connectivity index (χ4v) is 3.48. The van der Waals surface area contributed by atoms with Crippen molar-refractivity contribution in [3.63, 3.8) is 0 Å². The van der Waals surface area contributed by atoms with Crippen molar-refractivity contribution in [1.29, 1.82) is 0 Å². The van der Waals surface area contributed by atoms with Crippen LogP contribution in [0.5, 0.6) is 0 Å². The molecule has 5 heteroatoms. The Bertz CT molecular complexity index is 766. The number of Topliss-reactive ketones (excluding diaryl/α,β-unsaturated/α-hetero) is 1. The summed E-state index contributed by atoms with van der Waals surface area (Å²) in [5, 5.41) is 6.97. The van der Waals surface area contributed by atoms with Crippen LogP contribution in [0.1, 0.15) is 59.2 Å². The summed E-state index contributed by atoms with van der Waals surface area (Å²) in [6.45, 7) is 0.537. The van der Waals surface area contributed by atoms with Gasteiger partial charge >= 0.3 is 0 Å². The van der Waals surface area contributed by atoms with Crippen LogP contribution in [0.3, 0.4) is 0 Å². The number of amides is 1. The van der Waals surface area contributed by atoms with Crippen molar-refractivity contribution in [2.24, 2.45) is 0 Å². The molecule has 1 fully saturated rings. The topological polar surface area (TPSA) is 58.2 Å². The molecule has 0 heterocycles. The second kappa shape index (κ2) is 9.56. The van der Waals surface area contributed by atoms with Gasteiger partial charge in [0, 0.05) is 40.8 Å². The number of ketones is 1. The molecule has 1 aliphatic carbocycles. The summed E-state index contributed by atoms with van der Waals surface area (Å²) in [7, 11) is 0. The molecular formula is C22H25ClN2O2. The van der Waals surface area contributed by atoms with Gasteiger partial charge in [0.25, 0.3) is 5.91 Å². The molecule has 0 aromatic heterocycles. The number of carbonyl (C=O) groups is 2. The van der Waals surface area contributed by atoms with Crippen molar-refractivity contribution in [3.8, 4) is 0 Å². The molecule has 142 valence electrons. The largest absolute Gasteiger partial charge is 0.385 e. The van der Waals surface area contributed by atoms with E-state index >= 15 is 0 Å². The second-order valence-corrected chi connectivity index (χ2v) is 7.43. The average molecular weight is 385 g/mol. The van der Waals surface area contributed by atoms with Gasteiger partial charge in [-0.25, -0.2) is 0 Å². The molecule has 0 saturated heterocycles. The number of nitrogens with one attached hydrogen (secondary N) is 2. The molecule has 1 amide bonds. The lowest BCUT2D eigenvalue weighted by molar-refractivity contribution is 0.0926. The molecule has 3 rings (SSSR count). The molecule has 1 saturated carbocycles. The van der Waals surface area contributed by atoms with Crippen molar-refractivity contribution in [3.05, 3.63) is 64.7 Å². The van der Waals surface area contributed by atoms with Crippen LogP contribution in [-0.2, 0) is 0 Å². The smallest absolute Gasteiger partial charge is 0.251 e. The molecule has 1 aliphatic rings. The lowest BCUT2D eigenvalue weighted by atomic mass is 9.95. The molecule has 2 aromatic rings. The third-order valence-corrected chi connectivity index (χ3v) is 5.19. The zero-order valence-corrected chi connectivity index (χ0v) is 16.1. The van der Waals surface area contributed by atoms with E-state index in [1.165, 1.54) is 19.3 Å². The van der Waals surface area contributed by atoms with E-state index in [0.29, 0.717) is 35.2 Å². The van der Waals surface area contributed by atoms with Crippen molar-refractivity contribution in [2.45, 2.75) is 44.6 Å². The van der Waals surface area contributed by atoms with Crippen LogP contribution in [0, 0.1) is 0 Å². The zero-order chi connectivity index (χ0) is 19.1. The van der Waals surface area contributed by atoms with Crippen LogP contribution in [0.15, 0.2) is 48.5 Å². The van der Waals surface area contributed by atoms with Crippen LogP contribution in [0.25, 0.3) is 0 Å². The fraction of sp³-hybridized carbons (Fsp3) is 0.364. The third kappa shape index (κ3) is 5.83. The van der Waals surface area contributed by atoms with E-state index in [4.69, 9.17) is 11.6 Å². The quantitative estimate of drug-likeness (QED) is 0.654. The van der Waals surface area contributed by atoms with Gasteiger partial charge in [-0.3, -0.25) is 9.59 Å². The van der Waals surface area contributed by atoms with Crippen LogP contribution in [0.4, 0.5) is 5.69 Å². The van der Waals surface area contributed by atoms with Gasteiger partial charge in [-0.2, -0.15) is 0 Å².